The van der Waals surface area contributed by atoms with Crippen molar-refractivity contribution in [2.75, 3.05) is 25.4 Å². The summed E-state index contributed by atoms with van der Waals surface area (Å²) in [4.78, 5) is 12.1. The molecule has 1 aromatic carbocycles. The maximum atomic E-state index is 12.1. The molecular weight excluding hydrogens is 378 g/mol. The average Bonchev–Trinajstić information content (AvgIpc) is 2.95. The molecular formula is C19H29N5O3S. The largest absolute Gasteiger partial charge is 0.337 e. The number of rotatable bonds is 9. The molecule has 28 heavy (non-hydrogen) atoms. The number of nitrogens with zero attached hydrogens (tertiary/aromatic N) is 3. The third-order valence-corrected chi connectivity index (χ3v) is 6.64. The highest BCUT2D eigenvalue weighted by molar-refractivity contribution is 7.89. The lowest BCUT2D eigenvalue weighted by molar-refractivity contribution is 0.241. The highest BCUT2D eigenvalue weighted by atomic mass is 32.2. The molecule has 0 fully saturated rings. The van der Waals surface area contributed by atoms with Crippen LogP contribution in [0.15, 0.2) is 30.3 Å². The van der Waals surface area contributed by atoms with Crippen LogP contribution in [0.1, 0.15) is 30.8 Å². The van der Waals surface area contributed by atoms with Gasteiger partial charge in [0, 0.05) is 37.4 Å². The van der Waals surface area contributed by atoms with Crippen molar-refractivity contribution < 1.29 is 13.2 Å². The summed E-state index contributed by atoms with van der Waals surface area (Å²) >= 11 is 0. The summed E-state index contributed by atoms with van der Waals surface area (Å²) in [6.45, 7) is 8.68. The van der Waals surface area contributed by atoms with E-state index in [9.17, 15) is 13.2 Å². The molecule has 0 radical (unpaired) electrons. The Balaban J connectivity index is 1.91. The van der Waals surface area contributed by atoms with E-state index in [0.29, 0.717) is 19.6 Å². The monoisotopic (exact) mass is 407 g/mol. The van der Waals surface area contributed by atoms with Crippen LogP contribution in [0.5, 0.6) is 0 Å². The number of amides is 2. The second-order valence-electron chi connectivity index (χ2n) is 6.41. The van der Waals surface area contributed by atoms with Crippen molar-refractivity contribution in [3.05, 3.63) is 47.3 Å². The Morgan fingerprint density at radius 1 is 1.11 bits per heavy atom. The first-order valence-electron chi connectivity index (χ1n) is 9.40. The van der Waals surface area contributed by atoms with Gasteiger partial charge in [-0.2, -0.15) is 5.10 Å². The molecule has 0 bridgehead atoms. The van der Waals surface area contributed by atoms with Gasteiger partial charge in [0.1, 0.15) is 0 Å². The third-order valence-electron chi connectivity index (χ3n) is 4.61. The van der Waals surface area contributed by atoms with Crippen molar-refractivity contribution in [3.8, 4) is 5.69 Å². The second-order valence-corrected chi connectivity index (χ2v) is 8.49. The SMILES string of the molecule is CCN(CC)S(=O)(=O)CCNC(=O)NCc1c(C)nn(-c2ccccc2)c1C. The van der Waals surface area contributed by atoms with Crippen LogP contribution in [0.25, 0.3) is 5.69 Å². The molecule has 0 aliphatic carbocycles. The van der Waals surface area contributed by atoms with Crippen LogP contribution in [-0.2, 0) is 16.6 Å². The molecule has 0 saturated carbocycles. The van der Waals surface area contributed by atoms with Gasteiger partial charge in [0.25, 0.3) is 0 Å². The van der Waals surface area contributed by atoms with Gasteiger partial charge in [-0.25, -0.2) is 22.2 Å². The quantitative estimate of drug-likeness (QED) is 0.664. The van der Waals surface area contributed by atoms with Gasteiger partial charge in [0.2, 0.25) is 10.0 Å². The number of carbonyl (C=O) groups is 1. The van der Waals surface area contributed by atoms with Crippen LogP contribution in [0.3, 0.4) is 0 Å². The number of hydrogen-bond acceptors (Lipinski definition) is 4. The summed E-state index contributed by atoms with van der Waals surface area (Å²) in [5.41, 5.74) is 3.69. The number of aromatic nitrogens is 2. The number of benzene rings is 1. The zero-order valence-corrected chi connectivity index (χ0v) is 17.7. The van der Waals surface area contributed by atoms with Gasteiger partial charge < -0.3 is 10.6 Å². The van der Waals surface area contributed by atoms with Gasteiger partial charge in [-0.1, -0.05) is 32.0 Å². The topological polar surface area (TPSA) is 96.3 Å². The predicted octanol–water partition coefficient (Wildman–Crippen LogP) is 1.96. The van der Waals surface area contributed by atoms with Gasteiger partial charge in [0.05, 0.1) is 17.1 Å². The number of carbonyl (C=O) groups excluding carboxylic acids is 1. The predicted molar refractivity (Wildman–Crippen MR) is 110 cm³/mol. The van der Waals surface area contributed by atoms with E-state index in [1.54, 1.807) is 13.8 Å². The molecule has 1 heterocycles. The molecule has 0 spiro atoms. The van der Waals surface area contributed by atoms with Gasteiger partial charge >= 0.3 is 6.03 Å². The van der Waals surface area contributed by atoms with E-state index in [1.165, 1.54) is 4.31 Å². The van der Waals surface area contributed by atoms with E-state index in [4.69, 9.17) is 0 Å². The van der Waals surface area contributed by atoms with Crippen LogP contribution < -0.4 is 10.6 Å². The fraction of sp³-hybridized carbons (Fsp3) is 0.474. The Kier molecular flexibility index (Phi) is 7.59. The van der Waals surface area contributed by atoms with Gasteiger partial charge in [-0.15, -0.1) is 0 Å². The first-order valence-corrected chi connectivity index (χ1v) is 11.0. The van der Waals surface area contributed by atoms with Crippen molar-refractivity contribution in [2.24, 2.45) is 0 Å². The minimum atomic E-state index is -3.35. The van der Waals surface area contributed by atoms with Crippen LogP contribution >= 0.6 is 0 Å². The van der Waals surface area contributed by atoms with Crippen LogP contribution in [-0.4, -0.2) is 53.9 Å². The normalized spacial score (nSPS) is 11.6. The lowest BCUT2D eigenvalue weighted by atomic mass is 10.2. The Morgan fingerprint density at radius 2 is 1.75 bits per heavy atom. The average molecular weight is 408 g/mol. The van der Waals surface area contributed by atoms with Crippen LogP contribution in [0.2, 0.25) is 0 Å². The minimum Gasteiger partial charge on any atom is -0.337 e. The fourth-order valence-corrected chi connectivity index (χ4v) is 4.43. The molecule has 0 aliphatic heterocycles. The summed E-state index contributed by atoms with van der Waals surface area (Å²) in [6.07, 6.45) is 0. The van der Waals surface area contributed by atoms with Gasteiger partial charge in [-0.05, 0) is 26.0 Å². The molecule has 2 aromatic rings. The van der Waals surface area contributed by atoms with Gasteiger partial charge in [0.15, 0.2) is 0 Å². The lowest BCUT2D eigenvalue weighted by Gasteiger charge is -2.18. The zero-order chi connectivity index (χ0) is 20.7. The minimum absolute atomic E-state index is 0.0614. The van der Waals surface area contributed by atoms with E-state index in [-0.39, 0.29) is 12.3 Å². The molecule has 154 valence electrons. The molecule has 9 heteroatoms. The summed E-state index contributed by atoms with van der Waals surface area (Å²) < 4.78 is 27.5. The summed E-state index contributed by atoms with van der Waals surface area (Å²) in [7, 11) is -3.35. The van der Waals surface area contributed by atoms with Crippen LogP contribution in [0, 0.1) is 13.8 Å². The molecule has 1 aromatic heterocycles. The summed E-state index contributed by atoms with van der Waals surface area (Å²) in [5, 5.41) is 9.93. The number of nitrogens with one attached hydrogen (secondary N) is 2. The highest BCUT2D eigenvalue weighted by Gasteiger charge is 2.19. The van der Waals surface area contributed by atoms with Crippen molar-refractivity contribution >= 4 is 16.1 Å². The van der Waals surface area contributed by atoms with E-state index in [0.717, 1.165) is 22.6 Å². The number of urea groups is 1. The van der Waals surface area contributed by atoms with Gasteiger partial charge in [-0.3, -0.25) is 0 Å². The van der Waals surface area contributed by atoms with E-state index in [2.05, 4.69) is 15.7 Å². The maximum absolute atomic E-state index is 12.1. The third kappa shape index (κ3) is 5.32. The first-order chi connectivity index (χ1) is 13.3. The molecule has 0 unspecified atom stereocenters. The van der Waals surface area contributed by atoms with E-state index < -0.39 is 16.1 Å². The lowest BCUT2D eigenvalue weighted by Crippen LogP contribution is -2.41. The molecule has 0 atom stereocenters. The number of hydrogen-bond donors (Lipinski definition) is 2. The summed E-state index contributed by atoms with van der Waals surface area (Å²) in [5.74, 6) is -0.119. The number of sulfonamides is 1. The van der Waals surface area contributed by atoms with Crippen molar-refractivity contribution in [1.29, 1.82) is 0 Å². The molecule has 2 amide bonds. The Morgan fingerprint density at radius 3 is 2.36 bits per heavy atom. The number of aryl methyl sites for hydroxylation is 1. The van der Waals surface area contributed by atoms with Crippen LogP contribution in [0.4, 0.5) is 4.79 Å². The first kappa shape index (κ1) is 21.9. The highest BCUT2D eigenvalue weighted by Crippen LogP contribution is 2.17. The fourth-order valence-electron chi connectivity index (χ4n) is 3.02. The second kappa shape index (κ2) is 9.70. The molecule has 0 saturated heterocycles. The Bertz CT molecular complexity index is 890. The molecule has 2 N–H and O–H groups in total. The number of para-hydroxylation sites is 1. The van der Waals surface area contributed by atoms with E-state index in [1.807, 2.05) is 48.9 Å². The molecule has 2 rings (SSSR count). The van der Waals surface area contributed by atoms with Crippen molar-refractivity contribution in [3.63, 3.8) is 0 Å². The maximum Gasteiger partial charge on any atom is 0.315 e. The Labute approximate surface area is 167 Å². The van der Waals surface area contributed by atoms with Crippen molar-refractivity contribution in [1.82, 2.24) is 24.7 Å². The smallest absolute Gasteiger partial charge is 0.315 e. The molecule has 0 aliphatic rings. The summed E-state index contributed by atoms with van der Waals surface area (Å²) in [6, 6.07) is 9.38. The zero-order valence-electron chi connectivity index (χ0n) is 16.9. The Hall–Kier alpha value is -2.39. The van der Waals surface area contributed by atoms with E-state index >= 15 is 0 Å². The molecule has 8 nitrogen and oxygen atoms in total. The van der Waals surface area contributed by atoms with Crippen molar-refractivity contribution in [2.45, 2.75) is 34.2 Å². The standard InChI is InChI=1S/C19H29N5O3S/c1-5-23(6-2)28(26,27)13-12-20-19(25)21-14-18-15(3)22-24(16(18)4)17-10-8-7-9-11-17/h7-11H,5-6,12-14H2,1-4H3,(H2,20,21,25).